The van der Waals surface area contributed by atoms with Gasteiger partial charge < -0.3 is 0 Å². The molecule has 0 atom stereocenters. The number of rotatable bonds is 4. The van der Waals surface area contributed by atoms with E-state index in [-0.39, 0.29) is 5.82 Å². The Balaban J connectivity index is 1.94. The smallest absolute Gasteiger partial charge is 0.128 e. The normalized spacial score (nSPS) is 10.2. The Morgan fingerprint density at radius 3 is 2.74 bits per heavy atom. The summed E-state index contributed by atoms with van der Waals surface area (Å²) in [6.45, 7) is 0. The summed E-state index contributed by atoms with van der Waals surface area (Å²) in [6.07, 6.45) is 0. The van der Waals surface area contributed by atoms with Crippen molar-refractivity contribution in [2.75, 3.05) is 0 Å². The van der Waals surface area contributed by atoms with Crippen molar-refractivity contribution in [2.45, 2.75) is 11.5 Å². The van der Waals surface area contributed by atoms with Crippen LogP contribution in [0.3, 0.4) is 0 Å². The Morgan fingerprint density at radius 1 is 1.16 bits per heavy atom. The maximum absolute atomic E-state index is 13.6. The lowest BCUT2D eigenvalue weighted by molar-refractivity contribution is 0.617. The molecular formula is C15H11ClFNS. The summed E-state index contributed by atoms with van der Waals surface area (Å²) in [5, 5.41) is 9.22. The van der Waals surface area contributed by atoms with E-state index >= 15 is 0 Å². The quantitative estimate of drug-likeness (QED) is 0.809. The van der Waals surface area contributed by atoms with Crippen molar-refractivity contribution in [3.63, 3.8) is 0 Å². The minimum Gasteiger partial charge on any atom is -0.207 e. The fourth-order valence-corrected chi connectivity index (χ4v) is 2.78. The molecule has 0 radical (unpaired) electrons. The van der Waals surface area contributed by atoms with Gasteiger partial charge in [0.25, 0.3) is 0 Å². The highest BCUT2D eigenvalue weighted by molar-refractivity contribution is 7.97. The van der Waals surface area contributed by atoms with Crippen LogP contribution < -0.4 is 0 Å². The zero-order valence-corrected chi connectivity index (χ0v) is 11.6. The van der Waals surface area contributed by atoms with Gasteiger partial charge in [-0.1, -0.05) is 29.8 Å². The molecule has 2 aromatic rings. The fourth-order valence-electron chi connectivity index (χ4n) is 1.65. The van der Waals surface area contributed by atoms with E-state index in [0.717, 1.165) is 11.3 Å². The van der Waals surface area contributed by atoms with E-state index in [1.807, 2.05) is 18.2 Å². The third-order valence-electron chi connectivity index (χ3n) is 2.60. The lowest BCUT2D eigenvalue weighted by Crippen LogP contribution is -1.89. The van der Waals surface area contributed by atoms with Gasteiger partial charge in [0.1, 0.15) is 5.82 Å². The summed E-state index contributed by atoms with van der Waals surface area (Å²) >= 11 is 7.31. The molecule has 2 aromatic carbocycles. The molecule has 0 saturated carbocycles. The number of nitriles is 1. The van der Waals surface area contributed by atoms with Gasteiger partial charge in [0, 0.05) is 16.5 Å². The van der Waals surface area contributed by atoms with Crippen molar-refractivity contribution in [3.05, 3.63) is 70.0 Å². The van der Waals surface area contributed by atoms with Crippen LogP contribution in [0.5, 0.6) is 0 Å². The molecule has 0 saturated heterocycles. The first-order valence-corrected chi connectivity index (χ1v) is 7.23. The molecule has 0 bridgehead atoms. The van der Waals surface area contributed by atoms with E-state index in [0.29, 0.717) is 21.9 Å². The minimum absolute atomic E-state index is 0.272. The van der Waals surface area contributed by atoms with Gasteiger partial charge in [0.15, 0.2) is 0 Å². The lowest BCUT2D eigenvalue weighted by atomic mass is 10.2. The van der Waals surface area contributed by atoms with Gasteiger partial charge in [-0.2, -0.15) is 17.0 Å². The third-order valence-corrected chi connectivity index (χ3v) is 3.89. The van der Waals surface area contributed by atoms with E-state index in [2.05, 4.69) is 6.07 Å². The van der Waals surface area contributed by atoms with Gasteiger partial charge in [-0.05, 0) is 35.4 Å². The van der Waals surface area contributed by atoms with E-state index in [9.17, 15) is 4.39 Å². The lowest BCUT2D eigenvalue weighted by Gasteiger charge is -2.04. The minimum atomic E-state index is -0.272. The first kappa shape index (κ1) is 13.9. The van der Waals surface area contributed by atoms with E-state index in [1.54, 1.807) is 30.0 Å². The zero-order valence-electron chi connectivity index (χ0n) is 10.1. The van der Waals surface area contributed by atoms with Crippen LogP contribution in [0.2, 0.25) is 5.02 Å². The van der Waals surface area contributed by atoms with Crippen LogP contribution in [-0.2, 0) is 11.5 Å². The number of thioether (sulfide) groups is 1. The first-order chi connectivity index (χ1) is 9.19. The Hall–Kier alpha value is -1.50. The summed E-state index contributed by atoms with van der Waals surface area (Å²) in [7, 11) is 0. The van der Waals surface area contributed by atoms with Crippen LogP contribution in [0.1, 0.15) is 16.7 Å². The Bertz CT molecular complexity index is 622. The summed E-state index contributed by atoms with van der Waals surface area (Å²) in [5.74, 6) is 1.06. The number of hydrogen-bond acceptors (Lipinski definition) is 2. The van der Waals surface area contributed by atoms with Crippen molar-refractivity contribution < 1.29 is 4.39 Å². The molecule has 0 heterocycles. The van der Waals surface area contributed by atoms with Crippen molar-refractivity contribution in [3.8, 4) is 6.07 Å². The predicted octanol–water partition coefficient (Wildman–Crippen LogP) is 4.78. The van der Waals surface area contributed by atoms with E-state index in [1.165, 1.54) is 6.07 Å². The van der Waals surface area contributed by atoms with Crippen LogP contribution in [0, 0.1) is 17.1 Å². The Labute approximate surface area is 121 Å². The standard InChI is InChI=1S/C15H11ClFNS/c16-14-5-4-13(15(17)7-14)10-19-9-12-3-1-2-11(6-12)8-18/h1-7H,9-10H2. The first-order valence-electron chi connectivity index (χ1n) is 5.70. The van der Waals surface area contributed by atoms with Gasteiger partial charge in [-0.25, -0.2) is 4.39 Å². The molecule has 4 heteroatoms. The molecule has 2 rings (SSSR count). The molecule has 0 amide bonds. The fraction of sp³-hybridized carbons (Fsp3) is 0.133. The average Bonchev–Trinajstić information content (AvgIpc) is 2.41. The second-order valence-corrected chi connectivity index (χ2v) is 5.46. The van der Waals surface area contributed by atoms with Gasteiger partial charge in [0.05, 0.1) is 11.6 Å². The maximum Gasteiger partial charge on any atom is 0.128 e. The Kier molecular flexibility index (Phi) is 4.84. The molecule has 0 aromatic heterocycles. The molecule has 0 aliphatic rings. The monoisotopic (exact) mass is 291 g/mol. The van der Waals surface area contributed by atoms with Gasteiger partial charge in [-0.3, -0.25) is 0 Å². The molecule has 1 nitrogen and oxygen atoms in total. The summed E-state index contributed by atoms with van der Waals surface area (Å²) < 4.78 is 13.6. The second kappa shape index (κ2) is 6.60. The summed E-state index contributed by atoms with van der Waals surface area (Å²) in [4.78, 5) is 0. The molecule has 19 heavy (non-hydrogen) atoms. The summed E-state index contributed by atoms with van der Waals surface area (Å²) in [6, 6.07) is 14.3. The molecular weight excluding hydrogens is 281 g/mol. The highest BCUT2D eigenvalue weighted by Crippen LogP contribution is 2.22. The maximum atomic E-state index is 13.6. The second-order valence-electron chi connectivity index (χ2n) is 4.04. The topological polar surface area (TPSA) is 23.8 Å². The number of benzene rings is 2. The van der Waals surface area contributed by atoms with Crippen LogP contribution in [0.15, 0.2) is 42.5 Å². The van der Waals surface area contributed by atoms with Gasteiger partial charge in [-0.15, -0.1) is 0 Å². The zero-order chi connectivity index (χ0) is 13.7. The molecule has 0 unspecified atom stereocenters. The van der Waals surface area contributed by atoms with Gasteiger partial charge in [0.2, 0.25) is 0 Å². The number of halogens is 2. The van der Waals surface area contributed by atoms with Crippen molar-refractivity contribution >= 4 is 23.4 Å². The summed E-state index contributed by atoms with van der Waals surface area (Å²) in [5.41, 5.74) is 2.36. The van der Waals surface area contributed by atoms with E-state index in [4.69, 9.17) is 16.9 Å². The highest BCUT2D eigenvalue weighted by Gasteiger charge is 2.03. The molecule has 0 fully saturated rings. The third kappa shape index (κ3) is 3.99. The molecule has 0 aliphatic heterocycles. The van der Waals surface area contributed by atoms with Crippen molar-refractivity contribution in [1.29, 1.82) is 5.26 Å². The van der Waals surface area contributed by atoms with Crippen LogP contribution in [0.25, 0.3) is 0 Å². The Morgan fingerprint density at radius 2 is 2.00 bits per heavy atom. The molecule has 0 spiro atoms. The van der Waals surface area contributed by atoms with Crippen LogP contribution in [-0.4, -0.2) is 0 Å². The van der Waals surface area contributed by atoms with E-state index < -0.39 is 0 Å². The van der Waals surface area contributed by atoms with Crippen molar-refractivity contribution in [2.24, 2.45) is 0 Å². The number of nitrogens with zero attached hydrogens (tertiary/aromatic N) is 1. The van der Waals surface area contributed by atoms with Crippen LogP contribution >= 0.6 is 23.4 Å². The average molecular weight is 292 g/mol. The predicted molar refractivity (Wildman–Crippen MR) is 77.6 cm³/mol. The molecule has 0 N–H and O–H groups in total. The SMILES string of the molecule is N#Cc1cccc(CSCc2ccc(Cl)cc2F)c1. The molecule has 96 valence electrons. The largest absolute Gasteiger partial charge is 0.207 e. The molecule has 0 aliphatic carbocycles. The number of hydrogen-bond donors (Lipinski definition) is 0. The highest BCUT2D eigenvalue weighted by atomic mass is 35.5. The van der Waals surface area contributed by atoms with Gasteiger partial charge >= 0.3 is 0 Å². The van der Waals surface area contributed by atoms with Crippen molar-refractivity contribution in [1.82, 2.24) is 0 Å². The van der Waals surface area contributed by atoms with Crippen LogP contribution in [0.4, 0.5) is 4.39 Å².